The van der Waals surface area contributed by atoms with Crippen molar-refractivity contribution >= 4 is 34.1 Å². The molecule has 2 aromatic carbocycles. The fourth-order valence-electron chi connectivity index (χ4n) is 2.45. The van der Waals surface area contributed by atoms with E-state index in [-0.39, 0.29) is 16.8 Å². The van der Waals surface area contributed by atoms with E-state index < -0.39 is 23.6 Å². The van der Waals surface area contributed by atoms with Gasteiger partial charge in [-0.15, -0.1) is 11.3 Å². The van der Waals surface area contributed by atoms with Crippen LogP contribution in [0, 0.1) is 18.6 Å². The monoisotopic (exact) mass is 390 g/mol. The second-order valence-corrected chi connectivity index (χ2v) is 6.47. The first-order valence-electron chi connectivity index (χ1n) is 7.55. The normalized spacial score (nSPS) is 10.6. The van der Waals surface area contributed by atoms with Crippen molar-refractivity contribution in [2.24, 2.45) is 0 Å². The fourth-order valence-corrected chi connectivity index (χ4v) is 3.19. The third-order valence-corrected chi connectivity index (χ3v) is 4.54. The Morgan fingerprint density at radius 2 is 1.74 bits per heavy atom. The number of anilines is 2. The van der Waals surface area contributed by atoms with Crippen molar-refractivity contribution in [2.45, 2.75) is 6.92 Å². The van der Waals surface area contributed by atoms with Crippen LogP contribution < -0.4 is 5.32 Å². The molecule has 0 fully saturated rings. The molecule has 0 saturated heterocycles. The van der Waals surface area contributed by atoms with Gasteiger partial charge in [0.25, 0.3) is 0 Å². The number of hydrogen-bond donors (Lipinski definition) is 3. The number of rotatable bonds is 5. The van der Waals surface area contributed by atoms with Crippen LogP contribution in [0.4, 0.5) is 19.6 Å². The van der Waals surface area contributed by atoms with E-state index in [4.69, 9.17) is 5.11 Å². The highest BCUT2D eigenvalue weighted by atomic mass is 32.1. The number of carboxylic acid groups (broad SMARTS) is 2. The molecule has 1 aromatic heterocycles. The third kappa shape index (κ3) is 3.77. The molecule has 0 unspecified atom stereocenters. The second-order valence-electron chi connectivity index (χ2n) is 5.61. The first-order chi connectivity index (χ1) is 12.8. The zero-order valence-electron chi connectivity index (χ0n) is 13.8. The number of nitrogens with one attached hydrogen (secondary N) is 1. The van der Waals surface area contributed by atoms with Gasteiger partial charge in [0.1, 0.15) is 0 Å². The lowest BCUT2D eigenvalue weighted by atomic mass is 10.0. The van der Waals surface area contributed by atoms with E-state index in [9.17, 15) is 23.5 Å². The zero-order valence-corrected chi connectivity index (χ0v) is 14.6. The summed E-state index contributed by atoms with van der Waals surface area (Å²) in [5.41, 5.74) is 0.983. The van der Waals surface area contributed by atoms with Gasteiger partial charge in [0, 0.05) is 10.9 Å². The Balaban J connectivity index is 1.95. The maximum absolute atomic E-state index is 13.4. The number of nitrogens with zero attached hydrogens (tertiary/aromatic N) is 1. The van der Waals surface area contributed by atoms with Crippen LogP contribution >= 0.6 is 11.3 Å². The molecule has 0 amide bonds. The number of aromatic carboxylic acids is 2. The summed E-state index contributed by atoms with van der Waals surface area (Å²) in [6.45, 7) is 1.55. The van der Waals surface area contributed by atoms with E-state index in [1.807, 2.05) is 0 Å². The molecule has 138 valence electrons. The summed E-state index contributed by atoms with van der Waals surface area (Å²) in [5.74, 6) is -4.48. The smallest absolute Gasteiger partial charge is 0.337 e. The van der Waals surface area contributed by atoms with Crippen molar-refractivity contribution in [3.63, 3.8) is 0 Å². The molecule has 0 radical (unpaired) electrons. The minimum absolute atomic E-state index is 0.112. The second kappa shape index (κ2) is 7.12. The molecular formula is C18H12F2N2O4S. The molecule has 0 aliphatic carbocycles. The molecular weight excluding hydrogens is 378 g/mol. The maximum Gasteiger partial charge on any atom is 0.337 e. The van der Waals surface area contributed by atoms with Gasteiger partial charge in [-0.25, -0.2) is 23.4 Å². The number of aromatic nitrogens is 1. The number of carboxylic acids is 2. The van der Waals surface area contributed by atoms with Crippen molar-refractivity contribution in [2.75, 3.05) is 5.32 Å². The number of hydrogen-bond acceptors (Lipinski definition) is 5. The quantitative estimate of drug-likeness (QED) is 0.592. The van der Waals surface area contributed by atoms with Gasteiger partial charge < -0.3 is 15.5 Å². The predicted octanol–water partition coefficient (Wildman–Crippen LogP) is 4.54. The van der Waals surface area contributed by atoms with E-state index in [2.05, 4.69) is 10.3 Å². The van der Waals surface area contributed by atoms with Gasteiger partial charge in [0.05, 0.1) is 22.5 Å². The molecule has 1 heterocycles. The summed E-state index contributed by atoms with van der Waals surface area (Å²) < 4.78 is 26.4. The number of carbonyl (C=O) groups is 2. The average Bonchev–Trinajstić information content (AvgIpc) is 3.05. The van der Waals surface area contributed by atoms with Gasteiger partial charge in [-0.1, -0.05) is 0 Å². The number of thiazole rings is 1. The van der Waals surface area contributed by atoms with Gasteiger partial charge in [0.15, 0.2) is 16.8 Å². The lowest BCUT2D eigenvalue weighted by molar-refractivity contribution is 0.0695. The minimum atomic E-state index is -1.29. The first kappa shape index (κ1) is 18.5. The molecule has 0 saturated carbocycles. The number of halogens is 2. The fraction of sp³-hybridized carbons (Fsp3) is 0.0556. The molecule has 0 aliphatic rings. The SMILES string of the molecule is Cc1cc(Nc2nc(-c3ccc(F)c(F)c3)cs2)c(C(=O)O)cc1C(=O)O. The Bertz CT molecular complexity index is 1070. The van der Waals surface area contributed by atoms with Gasteiger partial charge in [-0.3, -0.25) is 0 Å². The highest BCUT2D eigenvalue weighted by molar-refractivity contribution is 7.14. The molecule has 3 rings (SSSR count). The van der Waals surface area contributed by atoms with E-state index in [1.165, 1.54) is 12.1 Å². The first-order valence-corrected chi connectivity index (χ1v) is 8.43. The minimum Gasteiger partial charge on any atom is -0.478 e. The Morgan fingerprint density at radius 3 is 2.37 bits per heavy atom. The molecule has 3 aromatic rings. The highest BCUT2D eigenvalue weighted by Crippen LogP contribution is 2.30. The van der Waals surface area contributed by atoms with Crippen LogP contribution in [-0.4, -0.2) is 27.1 Å². The lowest BCUT2D eigenvalue weighted by Gasteiger charge is -2.10. The molecule has 6 nitrogen and oxygen atoms in total. The Hall–Kier alpha value is -3.33. The molecule has 0 bridgehead atoms. The highest BCUT2D eigenvalue weighted by Gasteiger charge is 2.18. The molecule has 3 N–H and O–H groups in total. The summed E-state index contributed by atoms with van der Waals surface area (Å²) in [7, 11) is 0. The van der Waals surface area contributed by atoms with Crippen LogP contribution in [-0.2, 0) is 0 Å². The Labute approximate surface area is 155 Å². The number of aryl methyl sites for hydroxylation is 1. The summed E-state index contributed by atoms with van der Waals surface area (Å²) in [5, 5.41) is 23.3. The van der Waals surface area contributed by atoms with Gasteiger partial charge in [0.2, 0.25) is 0 Å². The standard InChI is InChI=1S/C18H12F2N2O4S/c1-8-4-14(11(17(25)26)6-10(8)16(23)24)21-18-22-15(7-27-18)9-2-3-12(19)13(20)5-9/h2-7H,1H3,(H,21,22)(H,23,24)(H,25,26). The van der Waals surface area contributed by atoms with Crippen LogP contribution in [0.2, 0.25) is 0 Å². The Kier molecular flexibility index (Phi) is 4.87. The summed E-state index contributed by atoms with van der Waals surface area (Å²) in [4.78, 5) is 26.9. The van der Waals surface area contributed by atoms with E-state index in [0.717, 1.165) is 29.5 Å². The van der Waals surface area contributed by atoms with Crippen molar-refractivity contribution in [3.05, 3.63) is 64.0 Å². The van der Waals surface area contributed by atoms with Crippen LogP contribution in [0.15, 0.2) is 35.7 Å². The molecule has 0 spiro atoms. The summed E-state index contributed by atoms with van der Waals surface area (Å²) in [6, 6.07) is 5.87. The lowest BCUT2D eigenvalue weighted by Crippen LogP contribution is -2.08. The van der Waals surface area contributed by atoms with Crippen LogP contribution in [0.1, 0.15) is 26.3 Å². The summed E-state index contributed by atoms with van der Waals surface area (Å²) >= 11 is 1.14. The average molecular weight is 390 g/mol. The molecule has 27 heavy (non-hydrogen) atoms. The van der Waals surface area contributed by atoms with Crippen molar-refractivity contribution in [3.8, 4) is 11.3 Å². The third-order valence-electron chi connectivity index (χ3n) is 3.79. The van der Waals surface area contributed by atoms with Crippen LogP contribution in [0.5, 0.6) is 0 Å². The van der Waals surface area contributed by atoms with Crippen molar-refractivity contribution in [1.29, 1.82) is 0 Å². The predicted molar refractivity (Wildman–Crippen MR) is 95.8 cm³/mol. The topological polar surface area (TPSA) is 99.5 Å². The van der Waals surface area contributed by atoms with Gasteiger partial charge in [-0.2, -0.15) is 0 Å². The molecule has 0 atom stereocenters. The van der Waals surface area contributed by atoms with Gasteiger partial charge in [-0.05, 0) is 42.8 Å². The van der Waals surface area contributed by atoms with Gasteiger partial charge >= 0.3 is 11.9 Å². The Morgan fingerprint density at radius 1 is 1.04 bits per heavy atom. The van der Waals surface area contributed by atoms with Crippen molar-refractivity contribution < 1.29 is 28.6 Å². The summed E-state index contributed by atoms with van der Waals surface area (Å²) in [6.07, 6.45) is 0. The van der Waals surface area contributed by atoms with E-state index in [0.29, 0.717) is 22.0 Å². The van der Waals surface area contributed by atoms with Crippen LogP contribution in [0.25, 0.3) is 11.3 Å². The zero-order chi connectivity index (χ0) is 19.7. The maximum atomic E-state index is 13.4. The van der Waals surface area contributed by atoms with E-state index >= 15 is 0 Å². The van der Waals surface area contributed by atoms with Crippen LogP contribution in [0.3, 0.4) is 0 Å². The number of benzene rings is 2. The molecule has 9 heteroatoms. The molecule has 0 aliphatic heterocycles. The van der Waals surface area contributed by atoms with E-state index in [1.54, 1.807) is 12.3 Å². The van der Waals surface area contributed by atoms with Crippen molar-refractivity contribution in [1.82, 2.24) is 4.98 Å². The largest absolute Gasteiger partial charge is 0.478 e.